The van der Waals surface area contributed by atoms with E-state index in [-0.39, 0.29) is 17.7 Å². The highest BCUT2D eigenvalue weighted by molar-refractivity contribution is 5.89. The van der Waals surface area contributed by atoms with Crippen LogP contribution in [0.4, 0.5) is 5.95 Å². The molecule has 3 rings (SSSR count). The molecule has 3 heterocycles. The van der Waals surface area contributed by atoms with E-state index in [1.165, 1.54) is 0 Å². The molecule has 27 heavy (non-hydrogen) atoms. The average Bonchev–Trinajstić information content (AvgIpc) is 3.08. The monoisotopic (exact) mass is 376 g/mol. The highest BCUT2D eigenvalue weighted by Gasteiger charge is 2.33. The van der Waals surface area contributed by atoms with E-state index in [0.717, 1.165) is 38.7 Å². The molecule has 9 nitrogen and oxygen atoms in total. The topological polar surface area (TPSA) is 90.9 Å². The fourth-order valence-corrected chi connectivity index (χ4v) is 3.47. The van der Waals surface area contributed by atoms with Crippen LogP contribution in [-0.4, -0.2) is 97.7 Å². The number of nitrogens with zero attached hydrogens (tertiary/aromatic N) is 5. The van der Waals surface area contributed by atoms with E-state index >= 15 is 0 Å². The van der Waals surface area contributed by atoms with Crippen LogP contribution in [0, 0.1) is 5.92 Å². The van der Waals surface area contributed by atoms with Gasteiger partial charge in [0.2, 0.25) is 17.8 Å². The summed E-state index contributed by atoms with van der Waals surface area (Å²) in [6.45, 7) is 6.54. The molecule has 1 unspecified atom stereocenters. The molecule has 0 aromatic carbocycles. The predicted molar refractivity (Wildman–Crippen MR) is 100 cm³/mol. The summed E-state index contributed by atoms with van der Waals surface area (Å²) in [4.78, 5) is 39.0. The van der Waals surface area contributed by atoms with Crippen molar-refractivity contribution in [2.24, 2.45) is 5.92 Å². The summed E-state index contributed by atoms with van der Waals surface area (Å²) in [5.41, 5.74) is 0. The molecule has 2 aliphatic rings. The molecule has 0 radical (unpaired) electrons. The molecular weight excluding hydrogens is 348 g/mol. The van der Waals surface area contributed by atoms with Gasteiger partial charge in [-0.2, -0.15) is 0 Å². The van der Waals surface area contributed by atoms with Crippen molar-refractivity contribution < 1.29 is 14.3 Å². The molecule has 2 fully saturated rings. The van der Waals surface area contributed by atoms with Gasteiger partial charge in [-0.25, -0.2) is 9.97 Å². The van der Waals surface area contributed by atoms with Crippen molar-refractivity contribution in [2.75, 3.05) is 71.0 Å². The maximum absolute atomic E-state index is 12.3. The standard InChI is InChI=1S/C18H28N6O3/c1-27-12-11-24-14-15(13-16(24)25)17(26)19-5-6-22-7-9-23(10-8-22)18-20-3-2-4-21-18/h2-4,15H,5-14H2,1H3,(H,19,26). The van der Waals surface area contributed by atoms with Crippen LogP contribution in [0.2, 0.25) is 0 Å². The second kappa shape index (κ2) is 9.61. The maximum atomic E-state index is 12.3. The third-order valence-corrected chi connectivity index (χ3v) is 5.09. The number of ether oxygens (including phenoxy) is 1. The Hall–Kier alpha value is -2.26. The van der Waals surface area contributed by atoms with Crippen molar-refractivity contribution in [1.82, 2.24) is 25.1 Å². The van der Waals surface area contributed by atoms with Gasteiger partial charge >= 0.3 is 0 Å². The smallest absolute Gasteiger partial charge is 0.225 e. The number of piperazine rings is 1. The van der Waals surface area contributed by atoms with E-state index < -0.39 is 0 Å². The molecule has 1 N–H and O–H groups in total. The van der Waals surface area contributed by atoms with Crippen LogP contribution in [0.1, 0.15) is 6.42 Å². The van der Waals surface area contributed by atoms with E-state index in [0.29, 0.717) is 32.7 Å². The van der Waals surface area contributed by atoms with Crippen LogP contribution < -0.4 is 10.2 Å². The normalized spacial score (nSPS) is 20.9. The Morgan fingerprint density at radius 1 is 1.22 bits per heavy atom. The highest BCUT2D eigenvalue weighted by atomic mass is 16.5. The van der Waals surface area contributed by atoms with Crippen LogP contribution in [0.5, 0.6) is 0 Å². The number of nitrogens with one attached hydrogen (secondary N) is 1. The van der Waals surface area contributed by atoms with Crippen LogP contribution in [-0.2, 0) is 14.3 Å². The van der Waals surface area contributed by atoms with Crippen molar-refractivity contribution >= 4 is 17.8 Å². The van der Waals surface area contributed by atoms with Crippen LogP contribution in [0.3, 0.4) is 0 Å². The minimum Gasteiger partial charge on any atom is -0.383 e. The quantitative estimate of drug-likeness (QED) is 0.636. The van der Waals surface area contributed by atoms with Crippen molar-refractivity contribution in [1.29, 1.82) is 0 Å². The van der Waals surface area contributed by atoms with Crippen LogP contribution in [0.25, 0.3) is 0 Å². The van der Waals surface area contributed by atoms with Gasteiger partial charge in [0, 0.05) is 78.3 Å². The van der Waals surface area contributed by atoms with Gasteiger partial charge in [-0.15, -0.1) is 0 Å². The van der Waals surface area contributed by atoms with Gasteiger partial charge in [0.05, 0.1) is 12.5 Å². The van der Waals surface area contributed by atoms with E-state index in [2.05, 4.69) is 25.1 Å². The Morgan fingerprint density at radius 2 is 1.96 bits per heavy atom. The number of hydrogen-bond donors (Lipinski definition) is 1. The number of carbonyl (C=O) groups is 2. The van der Waals surface area contributed by atoms with Crippen molar-refractivity contribution in [2.45, 2.75) is 6.42 Å². The summed E-state index contributed by atoms with van der Waals surface area (Å²) >= 11 is 0. The SMILES string of the molecule is COCCN1CC(C(=O)NCCN2CCN(c3ncccn3)CC2)CC1=O. The molecule has 9 heteroatoms. The van der Waals surface area contributed by atoms with E-state index in [9.17, 15) is 9.59 Å². The highest BCUT2D eigenvalue weighted by Crippen LogP contribution is 2.17. The zero-order valence-corrected chi connectivity index (χ0v) is 15.8. The third-order valence-electron chi connectivity index (χ3n) is 5.09. The lowest BCUT2D eigenvalue weighted by Crippen LogP contribution is -2.49. The first-order valence-electron chi connectivity index (χ1n) is 9.46. The summed E-state index contributed by atoms with van der Waals surface area (Å²) < 4.78 is 5.00. The van der Waals surface area contributed by atoms with Crippen molar-refractivity contribution in [3.8, 4) is 0 Å². The molecule has 0 saturated carbocycles. The molecule has 1 aromatic rings. The predicted octanol–water partition coefficient (Wildman–Crippen LogP) is -0.790. The molecule has 0 aliphatic carbocycles. The van der Waals surface area contributed by atoms with Crippen LogP contribution >= 0.6 is 0 Å². The second-order valence-electron chi connectivity index (χ2n) is 6.90. The first-order chi connectivity index (χ1) is 13.2. The number of likely N-dealkylation sites (tertiary alicyclic amines) is 1. The molecule has 0 bridgehead atoms. The van der Waals surface area contributed by atoms with E-state index in [1.807, 2.05) is 6.07 Å². The van der Waals surface area contributed by atoms with Gasteiger partial charge in [-0.1, -0.05) is 0 Å². The Balaban J connectivity index is 1.33. The van der Waals surface area contributed by atoms with Gasteiger partial charge in [-0.05, 0) is 6.07 Å². The van der Waals surface area contributed by atoms with Gasteiger partial charge in [0.25, 0.3) is 0 Å². The fourth-order valence-electron chi connectivity index (χ4n) is 3.47. The van der Waals surface area contributed by atoms with E-state index in [4.69, 9.17) is 4.74 Å². The zero-order valence-electron chi connectivity index (χ0n) is 15.8. The number of carbonyl (C=O) groups excluding carboxylic acids is 2. The summed E-state index contributed by atoms with van der Waals surface area (Å²) in [7, 11) is 1.61. The lowest BCUT2D eigenvalue weighted by atomic mass is 10.1. The maximum Gasteiger partial charge on any atom is 0.225 e. The summed E-state index contributed by atoms with van der Waals surface area (Å²) in [5, 5.41) is 2.98. The minimum atomic E-state index is -0.249. The second-order valence-corrected chi connectivity index (χ2v) is 6.90. The number of hydrogen-bond acceptors (Lipinski definition) is 7. The summed E-state index contributed by atoms with van der Waals surface area (Å²) in [6.07, 6.45) is 3.81. The molecule has 1 atom stereocenters. The summed E-state index contributed by atoms with van der Waals surface area (Å²) in [5.74, 6) is 0.529. The largest absolute Gasteiger partial charge is 0.383 e. The zero-order chi connectivity index (χ0) is 19.1. The lowest BCUT2D eigenvalue weighted by molar-refractivity contribution is -0.129. The molecule has 2 aliphatic heterocycles. The van der Waals surface area contributed by atoms with Crippen molar-refractivity contribution in [3.05, 3.63) is 18.5 Å². The number of amides is 2. The Kier molecular flexibility index (Phi) is 6.94. The molecule has 148 valence electrons. The Morgan fingerprint density at radius 3 is 2.67 bits per heavy atom. The Bertz CT molecular complexity index is 621. The number of aromatic nitrogens is 2. The first kappa shape index (κ1) is 19.5. The van der Waals surface area contributed by atoms with E-state index in [1.54, 1.807) is 24.4 Å². The number of rotatable bonds is 8. The van der Waals surface area contributed by atoms with Crippen molar-refractivity contribution in [3.63, 3.8) is 0 Å². The van der Waals surface area contributed by atoms with Gasteiger partial charge in [0.15, 0.2) is 0 Å². The fraction of sp³-hybridized carbons (Fsp3) is 0.667. The lowest BCUT2D eigenvalue weighted by Gasteiger charge is -2.34. The van der Waals surface area contributed by atoms with Crippen LogP contribution in [0.15, 0.2) is 18.5 Å². The van der Waals surface area contributed by atoms with Gasteiger partial charge in [-0.3, -0.25) is 14.5 Å². The number of methoxy groups -OCH3 is 1. The third kappa shape index (κ3) is 5.36. The molecule has 1 aromatic heterocycles. The molecule has 2 saturated heterocycles. The molecular formula is C18H28N6O3. The summed E-state index contributed by atoms with van der Waals surface area (Å²) in [6, 6.07) is 1.82. The average molecular weight is 376 g/mol. The van der Waals surface area contributed by atoms with Gasteiger partial charge in [0.1, 0.15) is 0 Å². The first-order valence-corrected chi connectivity index (χ1v) is 9.46. The molecule has 0 spiro atoms. The van der Waals surface area contributed by atoms with Gasteiger partial charge < -0.3 is 19.9 Å². The molecule has 2 amide bonds. The Labute approximate surface area is 159 Å². The number of anilines is 1. The minimum absolute atomic E-state index is 0.0282.